The molecule has 1 rings (SSSR count). The zero-order valence-electron chi connectivity index (χ0n) is 12.8. The van der Waals surface area contributed by atoms with Crippen LogP contribution in [0, 0.1) is 16.0 Å². The zero-order chi connectivity index (χ0) is 16.0. The summed E-state index contributed by atoms with van der Waals surface area (Å²) in [7, 11) is 1.62. The Bertz CT molecular complexity index is 515. The maximum Gasteiger partial charge on any atom is 0.288 e. The molecule has 1 unspecified atom stereocenters. The lowest BCUT2D eigenvalue weighted by atomic mass is 9.95. The third kappa shape index (κ3) is 4.14. The van der Waals surface area contributed by atoms with Crippen molar-refractivity contribution in [2.45, 2.75) is 39.7 Å². The first-order valence-corrected chi connectivity index (χ1v) is 7.07. The summed E-state index contributed by atoms with van der Waals surface area (Å²) < 4.78 is 0. The van der Waals surface area contributed by atoms with Crippen molar-refractivity contribution >= 4 is 17.4 Å². The van der Waals surface area contributed by atoms with E-state index in [-0.39, 0.29) is 23.2 Å². The van der Waals surface area contributed by atoms with Crippen molar-refractivity contribution in [3.8, 4) is 0 Å². The van der Waals surface area contributed by atoms with Gasteiger partial charge in [0.15, 0.2) is 0 Å². The van der Waals surface area contributed by atoms with Gasteiger partial charge in [0.25, 0.3) is 11.6 Å². The van der Waals surface area contributed by atoms with E-state index in [1.54, 1.807) is 7.05 Å². The summed E-state index contributed by atoms with van der Waals surface area (Å²) >= 11 is 0. The Morgan fingerprint density at radius 3 is 2.52 bits per heavy atom. The molecule has 0 saturated heterocycles. The van der Waals surface area contributed by atoms with Gasteiger partial charge in [-0.3, -0.25) is 14.9 Å². The molecule has 0 saturated carbocycles. The number of amides is 1. The van der Waals surface area contributed by atoms with Crippen molar-refractivity contribution in [3.05, 3.63) is 27.9 Å². The lowest BCUT2D eigenvalue weighted by Gasteiger charge is -2.22. The van der Waals surface area contributed by atoms with Crippen LogP contribution in [0.15, 0.2) is 12.3 Å². The maximum absolute atomic E-state index is 12.3. The monoisotopic (exact) mass is 294 g/mol. The van der Waals surface area contributed by atoms with Crippen LogP contribution in [0.1, 0.15) is 44.0 Å². The molecule has 0 aliphatic heterocycles. The molecule has 0 aliphatic carbocycles. The Labute approximate surface area is 124 Å². The molecule has 0 spiro atoms. The molecule has 7 heteroatoms. The molecule has 0 fully saturated rings. The van der Waals surface area contributed by atoms with Gasteiger partial charge in [-0.15, -0.1) is 0 Å². The van der Waals surface area contributed by atoms with Crippen molar-refractivity contribution in [3.63, 3.8) is 0 Å². The van der Waals surface area contributed by atoms with Gasteiger partial charge in [0.05, 0.1) is 10.5 Å². The highest BCUT2D eigenvalue weighted by Gasteiger charge is 2.21. The van der Waals surface area contributed by atoms with Crippen molar-refractivity contribution in [1.82, 2.24) is 10.3 Å². The SMILES string of the molecule is CCC(CC)C(C)NC(=O)c1cc([N+](=O)[O-])cnc1NC. The first-order chi connectivity index (χ1) is 9.94. The third-order valence-electron chi connectivity index (χ3n) is 3.68. The van der Waals surface area contributed by atoms with E-state index < -0.39 is 4.92 Å². The zero-order valence-corrected chi connectivity index (χ0v) is 12.8. The lowest BCUT2D eigenvalue weighted by Crippen LogP contribution is -2.38. The van der Waals surface area contributed by atoms with Gasteiger partial charge < -0.3 is 10.6 Å². The molecule has 0 aliphatic rings. The molecule has 2 N–H and O–H groups in total. The smallest absolute Gasteiger partial charge is 0.288 e. The van der Waals surface area contributed by atoms with Gasteiger partial charge in [-0.1, -0.05) is 26.7 Å². The van der Waals surface area contributed by atoms with Gasteiger partial charge >= 0.3 is 0 Å². The van der Waals surface area contributed by atoms with Crippen LogP contribution in [0.4, 0.5) is 11.5 Å². The maximum atomic E-state index is 12.3. The van der Waals surface area contributed by atoms with Gasteiger partial charge in [-0.25, -0.2) is 4.98 Å². The van der Waals surface area contributed by atoms with Crippen LogP contribution >= 0.6 is 0 Å². The van der Waals surface area contributed by atoms with Gasteiger partial charge in [0, 0.05) is 19.2 Å². The predicted octanol–water partition coefficient (Wildman–Crippen LogP) is 2.59. The fraction of sp³-hybridized carbons (Fsp3) is 0.571. The number of pyridine rings is 1. The largest absolute Gasteiger partial charge is 0.372 e. The van der Waals surface area contributed by atoms with E-state index in [0.717, 1.165) is 19.0 Å². The van der Waals surface area contributed by atoms with Crippen molar-refractivity contribution in [1.29, 1.82) is 0 Å². The van der Waals surface area contributed by atoms with E-state index >= 15 is 0 Å². The van der Waals surface area contributed by atoms with E-state index in [4.69, 9.17) is 0 Å². The quantitative estimate of drug-likeness (QED) is 0.595. The molecule has 1 aromatic heterocycles. The number of carbonyl (C=O) groups excluding carboxylic acids is 1. The fourth-order valence-corrected chi connectivity index (χ4v) is 2.32. The summed E-state index contributed by atoms with van der Waals surface area (Å²) in [5.41, 5.74) is -0.0150. The molecule has 1 amide bonds. The van der Waals surface area contributed by atoms with Gasteiger partial charge in [-0.05, 0) is 12.8 Å². The number of nitrogens with one attached hydrogen (secondary N) is 2. The van der Waals surface area contributed by atoms with Crippen LogP contribution in [0.2, 0.25) is 0 Å². The number of carbonyl (C=O) groups is 1. The fourth-order valence-electron chi connectivity index (χ4n) is 2.32. The molecular formula is C14H22N4O3. The molecule has 21 heavy (non-hydrogen) atoms. The van der Waals surface area contributed by atoms with Crippen LogP contribution in [-0.4, -0.2) is 28.9 Å². The van der Waals surface area contributed by atoms with Gasteiger partial charge in [0.2, 0.25) is 0 Å². The molecular weight excluding hydrogens is 272 g/mol. The molecule has 7 nitrogen and oxygen atoms in total. The standard InChI is InChI=1S/C14H22N4O3/c1-5-10(6-2)9(3)17-14(19)12-7-11(18(20)21)8-16-13(12)15-4/h7-10H,5-6H2,1-4H3,(H,15,16)(H,17,19). The average molecular weight is 294 g/mol. The normalized spacial score (nSPS) is 12.0. The summed E-state index contributed by atoms with van der Waals surface area (Å²) in [5, 5.41) is 16.5. The molecule has 0 aromatic carbocycles. The van der Waals surface area contributed by atoms with Gasteiger partial charge in [0.1, 0.15) is 12.0 Å². The summed E-state index contributed by atoms with van der Waals surface area (Å²) in [5.74, 6) is 0.350. The number of nitrogens with zero attached hydrogens (tertiary/aromatic N) is 2. The Morgan fingerprint density at radius 2 is 2.05 bits per heavy atom. The van der Waals surface area contributed by atoms with Crippen LogP contribution in [0.25, 0.3) is 0 Å². The molecule has 0 bridgehead atoms. The van der Waals surface area contributed by atoms with E-state index in [2.05, 4.69) is 29.5 Å². The summed E-state index contributed by atoms with van der Waals surface area (Å²) in [6.07, 6.45) is 3.06. The summed E-state index contributed by atoms with van der Waals surface area (Å²) in [4.78, 5) is 26.5. The first kappa shape index (κ1) is 16.9. The molecule has 1 heterocycles. The first-order valence-electron chi connectivity index (χ1n) is 7.07. The van der Waals surface area contributed by atoms with Gasteiger partial charge in [-0.2, -0.15) is 0 Å². The van der Waals surface area contributed by atoms with E-state index in [0.29, 0.717) is 11.7 Å². The average Bonchev–Trinajstić information content (AvgIpc) is 2.47. The number of hydrogen-bond donors (Lipinski definition) is 2. The number of anilines is 1. The second-order valence-electron chi connectivity index (χ2n) is 4.94. The predicted molar refractivity (Wildman–Crippen MR) is 81.4 cm³/mol. The number of nitro groups is 1. The summed E-state index contributed by atoms with van der Waals surface area (Å²) in [6.45, 7) is 6.09. The van der Waals surface area contributed by atoms with E-state index in [1.165, 1.54) is 6.07 Å². The minimum absolute atomic E-state index is 0.00327. The van der Waals surface area contributed by atoms with E-state index in [9.17, 15) is 14.9 Å². The second kappa shape index (κ2) is 7.56. The number of rotatable bonds is 7. The molecule has 0 radical (unpaired) electrons. The highest BCUT2D eigenvalue weighted by atomic mass is 16.6. The lowest BCUT2D eigenvalue weighted by molar-refractivity contribution is -0.385. The Hall–Kier alpha value is -2.18. The number of hydrogen-bond acceptors (Lipinski definition) is 5. The Kier molecular flexibility index (Phi) is 6.08. The van der Waals surface area contributed by atoms with Crippen LogP contribution in [0.3, 0.4) is 0 Å². The van der Waals surface area contributed by atoms with Crippen molar-refractivity contribution in [2.75, 3.05) is 12.4 Å². The minimum Gasteiger partial charge on any atom is -0.372 e. The minimum atomic E-state index is -0.562. The van der Waals surface area contributed by atoms with Crippen LogP contribution in [-0.2, 0) is 0 Å². The molecule has 1 aromatic rings. The van der Waals surface area contributed by atoms with E-state index in [1.807, 2.05) is 6.92 Å². The summed E-state index contributed by atoms with van der Waals surface area (Å²) in [6, 6.07) is 1.24. The van der Waals surface area contributed by atoms with Crippen LogP contribution < -0.4 is 10.6 Å². The Balaban J connectivity index is 3.00. The number of aromatic nitrogens is 1. The third-order valence-corrected chi connectivity index (χ3v) is 3.68. The van der Waals surface area contributed by atoms with Crippen molar-refractivity contribution in [2.24, 2.45) is 5.92 Å². The van der Waals surface area contributed by atoms with Crippen LogP contribution in [0.5, 0.6) is 0 Å². The Morgan fingerprint density at radius 1 is 1.43 bits per heavy atom. The molecule has 1 atom stereocenters. The molecule has 116 valence electrons. The highest BCUT2D eigenvalue weighted by molar-refractivity contribution is 5.99. The highest BCUT2D eigenvalue weighted by Crippen LogP contribution is 2.20. The second-order valence-corrected chi connectivity index (χ2v) is 4.94. The van der Waals surface area contributed by atoms with Crippen molar-refractivity contribution < 1.29 is 9.72 Å². The topological polar surface area (TPSA) is 97.2 Å².